The minimum atomic E-state index is -0.0988. The Morgan fingerprint density at radius 3 is 2.84 bits per heavy atom. The van der Waals surface area contributed by atoms with Gasteiger partial charge in [0, 0.05) is 42.0 Å². The average molecular weight is 500 g/mol. The fourth-order valence-electron chi connectivity index (χ4n) is 5.06. The standard InChI is InChI=1S/C29H33N5O3/c1-19-8-3-4-16-34(19)17-7-15-30-28(36)20-12-13-24-25(18-20)33-27(32-24)23-10-5-9-21(26(23)35)22-11-6-14-31-29(22)37-2/h5-6,9-14,18-19,35H,3-4,7-8,15-17H2,1-2H3,(H,30,36)(H,32,33)/t19-/m0/s1. The predicted molar refractivity (Wildman–Crippen MR) is 145 cm³/mol. The summed E-state index contributed by atoms with van der Waals surface area (Å²) in [7, 11) is 1.55. The Morgan fingerprint density at radius 2 is 2.00 bits per heavy atom. The number of benzene rings is 2. The Hall–Kier alpha value is -3.91. The highest BCUT2D eigenvalue weighted by molar-refractivity contribution is 5.98. The highest BCUT2D eigenvalue weighted by atomic mass is 16.5. The molecule has 2 aromatic heterocycles. The zero-order chi connectivity index (χ0) is 25.8. The Balaban J connectivity index is 1.30. The van der Waals surface area contributed by atoms with E-state index < -0.39 is 0 Å². The first kappa shape index (κ1) is 24.8. The lowest BCUT2D eigenvalue weighted by molar-refractivity contribution is 0.0949. The normalized spacial score (nSPS) is 16.1. The van der Waals surface area contributed by atoms with Crippen molar-refractivity contribution in [3.8, 4) is 34.1 Å². The summed E-state index contributed by atoms with van der Waals surface area (Å²) in [6.45, 7) is 5.10. The van der Waals surface area contributed by atoms with Crippen LogP contribution in [0.2, 0.25) is 0 Å². The quantitative estimate of drug-likeness (QED) is 0.295. The number of pyridine rings is 1. The molecule has 0 saturated carbocycles. The number of hydrogen-bond acceptors (Lipinski definition) is 6. The van der Waals surface area contributed by atoms with Crippen LogP contribution >= 0.6 is 0 Å². The maximum Gasteiger partial charge on any atom is 0.251 e. The molecular weight excluding hydrogens is 466 g/mol. The Morgan fingerprint density at radius 1 is 1.16 bits per heavy atom. The van der Waals surface area contributed by atoms with Gasteiger partial charge in [-0.2, -0.15) is 0 Å². The number of carbonyl (C=O) groups is 1. The first-order valence-corrected chi connectivity index (χ1v) is 12.9. The zero-order valence-electron chi connectivity index (χ0n) is 21.3. The molecule has 2 aromatic carbocycles. The molecule has 3 N–H and O–H groups in total. The second-order valence-corrected chi connectivity index (χ2v) is 9.57. The van der Waals surface area contributed by atoms with Crippen molar-refractivity contribution in [1.82, 2.24) is 25.2 Å². The summed E-state index contributed by atoms with van der Waals surface area (Å²) in [5.74, 6) is 0.929. The van der Waals surface area contributed by atoms with E-state index in [0.717, 1.165) is 30.5 Å². The molecule has 0 spiro atoms. The van der Waals surface area contributed by atoms with Crippen molar-refractivity contribution < 1.29 is 14.6 Å². The lowest BCUT2D eigenvalue weighted by atomic mass is 10.0. The molecule has 1 fully saturated rings. The first-order valence-electron chi connectivity index (χ1n) is 12.9. The number of imidazole rings is 1. The third-order valence-electron chi connectivity index (χ3n) is 7.14. The molecule has 1 aliphatic heterocycles. The van der Waals surface area contributed by atoms with Gasteiger partial charge < -0.3 is 25.0 Å². The van der Waals surface area contributed by atoms with E-state index in [-0.39, 0.29) is 11.7 Å². The van der Waals surface area contributed by atoms with Gasteiger partial charge in [0.2, 0.25) is 5.88 Å². The number of aromatic hydroxyl groups is 1. The summed E-state index contributed by atoms with van der Waals surface area (Å²) < 4.78 is 5.37. The zero-order valence-corrected chi connectivity index (χ0v) is 21.3. The second-order valence-electron chi connectivity index (χ2n) is 9.57. The van der Waals surface area contributed by atoms with Crippen LogP contribution in [0, 0.1) is 0 Å². The number of likely N-dealkylation sites (tertiary alicyclic amines) is 1. The van der Waals surface area contributed by atoms with Crippen molar-refractivity contribution in [2.45, 2.75) is 38.6 Å². The molecule has 0 bridgehead atoms. The highest BCUT2D eigenvalue weighted by Crippen LogP contribution is 2.40. The molecule has 3 heterocycles. The van der Waals surface area contributed by atoms with E-state index >= 15 is 0 Å². The molecular formula is C29H33N5O3. The summed E-state index contributed by atoms with van der Waals surface area (Å²) in [6, 6.07) is 15.2. The molecule has 1 aliphatic rings. The monoisotopic (exact) mass is 499 g/mol. The van der Waals surface area contributed by atoms with E-state index in [0.29, 0.717) is 46.5 Å². The van der Waals surface area contributed by atoms with Gasteiger partial charge in [-0.25, -0.2) is 9.97 Å². The van der Waals surface area contributed by atoms with Gasteiger partial charge in [-0.15, -0.1) is 0 Å². The fraction of sp³-hybridized carbons (Fsp3) is 0.345. The fourth-order valence-corrected chi connectivity index (χ4v) is 5.06. The van der Waals surface area contributed by atoms with Crippen molar-refractivity contribution >= 4 is 16.9 Å². The third-order valence-corrected chi connectivity index (χ3v) is 7.14. The van der Waals surface area contributed by atoms with Gasteiger partial charge in [-0.1, -0.05) is 18.6 Å². The third kappa shape index (κ3) is 5.29. The number of aromatic nitrogens is 3. The molecule has 8 nitrogen and oxygen atoms in total. The van der Waals surface area contributed by atoms with Gasteiger partial charge in [0.05, 0.1) is 23.7 Å². The molecule has 5 rings (SSSR count). The molecule has 1 amide bonds. The molecule has 37 heavy (non-hydrogen) atoms. The lowest BCUT2D eigenvalue weighted by Gasteiger charge is -2.33. The number of phenolic OH excluding ortho intramolecular Hbond substituents is 1. The smallest absolute Gasteiger partial charge is 0.251 e. The van der Waals surface area contributed by atoms with Crippen molar-refractivity contribution in [3.63, 3.8) is 0 Å². The van der Waals surface area contributed by atoms with Crippen LogP contribution < -0.4 is 10.1 Å². The minimum absolute atomic E-state index is 0.0776. The van der Waals surface area contributed by atoms with E-state index in [2.05, 4.69) is 32.1 Å². The van der Waals surface area contributed by atoms with Crippen LogP contribution in [0.1, 0.15) is 43.0 Å². The molecule has 8 heteroatoms. The van der Waals surface area contributed by atoms with Crippen LogP contribution in [0.5, 0.6) is 11.6 Å². The van der Waals surface area contributed by atoms with Crippen LogP contribution in [-0.2, 0) is 0 Å². The van der Waals surface area contributed by atoms with Crippen molar-refractivity contribution in [3.05, 3.63) is 60.3 Å². The number of fused-ring (bicyclic) bond motifs is 1. The van der Waals surface area contributed by atoms with E-state index in [1.54, 1.807) is 37.6 Å². The van der Waals surface area contributed by atoms with Crippen molar-refractivity contribution in [2.24, 2.45) is 0 Å². The van der Waals surface area contributed by atoms with Crippen LogP contribution in [0.25, 0.3) is 33.5 Å². The number of ether oxygens (including phenoxy) is 1. The predicted octanol–water partition coefficient (Wildman–Crippen LogP) is 5.00. The summed E-state index contributed by atoms with van der Waals surface area (Å²) in [4.78, 5) is 27.5. The number of rotatable bonds is 8. The lowest BCUT2D eigenvalue weighted by Crippen LogP contribution is -2.39. The molecule has 4 aromatic rings. The number of amides is 1. The number of methoxy groups -OCH3 is 1. The largest absolute Gasteiger partial charge is 0.507 e. The molecule has 0 radical (unpaired) electrons. The first-order chi connectivity index (χ1) is 18.0. The number of phenols is 1. The summed E-state index contributed by atoms with van der Waals surface area (Å²) in [5.41, 5.74) is 3.86. The van der Waals surface area contributed by atoms with Crippen LogP contribution in [0.15, 0.2) is 54.7 Å². The highest BCUT2D eigenvalue weighted by Gasteiger charge is 2.19. The number of H-pyrrole nitrogens is 1. The van der Waals surface area contributed by atoms with E-state index in [1.807, 2.05) is 24.3 Å². The van der Waals surface area contributed by atoms with Gasteiger partial charge in [-0.05, 0) is 69.1 Å². The minimum Gasteiger partial charge on any atom is -0.507 e. The number of carbonyl (C=O) groups excluding carboxylic acids is 1. The number of nitrogens with zero attached hydrogens (tertiary/aromatic N) is 3. The van der Waals surface area contributed by atoms with Gasteiger partial charge >= 0.3 is 0 Å². The van der Waals surface area contributed by atoms with Crippen LogP contribution in [0.3, 0.4) is 0 Å². The van der Waals surface area contributed by atoms with Crippen molar-refractivity contribution in [2.75, 3.05) is 26.7 Å². The summed E-state index contributed by atoms with van der Waals surface area (Å²) in [6.07, 6.45) is 6.42. The molecule has 0 unspecified atom stereocenters. The molecule has 0 aliphatic carbocycles. The molecule has 1 atom stereocenters. The van der Waals surface area contributed by atoms with Gasteiger partial charge in [0.15, 0.2) is 0 Å². The van der Waals surface area contributed by atoms with E-state index in [4.69, 9.17) is 4.74 Å². The Labute approximate surface area is 216 Å². The number of hydrogen-bond donors (Lipinski definition) is 3. The van der Waals surface area contributed by atoms with Crippen LogP contribution in [-0.4, -0.2) is 63.7 Å². The topological polar surface area (TPSA) is 103 Å². The Kier molecular flexibility index (Phi) is 7.37. The number of piperidine rings is 1. The maximum atomic E-state index is 12.8. The van der Waals surface area contributed by atoms with Gasteiger partial charge in [0.1, 0.15) is 11.6 Å². The summed E-state index contributed by atoms with van der Waals surface area (Å²) >= 11 is 0. The average Bonchev–Trinajstić information content (AvgIpc) is 3.35. The number of para-hydroxylation sites is 1. The number of nitrogens with one attached hydrogen (secondary N) is 2. The maximum absolute atomic E-state index is 12.8. The van der Waals surface area contributed by atoms with Gasteiger partial charge in [-0.3, -0.25) is 4.79 Å². The number of aromatic amines is 1. The van der Waals surface area contributed by atoms with Gasteiger partial charge in [0.25, 0.3) is 5.91 Å². The van der Waals surface area contributed by atoms with Crippen molar-refractivity contribution in [1.29, 1.82) is 0 Å². The summed E-state index contributed by atoms with van der Waals surface area (Å²) in [5, 5.41) is 14.1. The molecule has 192 valence electrons. The van der Waals surface area contributed by atoms with E-state index in [9.17, 15) is 9.90 Å². The van der Waals surface area contributed by atoms with Crippen LogP contribution in [0.4, 0.5) is 0 Å². The molecule has 1 saturated heterocycles. The second kappa shape index (κ2) is 11.0. The SMILES string of the molecule is COc1ncccc1-c1cccc(-c2nc3ccc(C(=O)NCCCN4CCCC[C@@H]4C)cc3[nH]2)c1O. The Bertz CT molecular complexity index is 1400. The van der Waals surface area contributed by atoms with E-state index in [1.165, 1.54) is 19.3 Å².